The van der Waals surface area contributed by atoms with Crippen LogP contribution < -0.4 is 5.32 Å². The molecule has 1 aliphatic carbocycles. The average molecular weight is 319 g/mol. The van der Waals surface area contributed by atoms with Crippen LogP contribution in [0.2, 0.25) is 0 Å². The van der Waals surface area contributed by atoms with Gasteiger partial charge < -0.3 is 5.32 Å². The second-order valence-corrected chi connectivity index (χ2v) is 5.40. The van der Waals surface area contributed by atoms with Crippen molar-refractivity contribution in [1.29, 1.82) is 0 Å². The second kappa shape index (κ2) is 4.91. The lowest BCUT2D eigenvalue weighted by Crippen LogP contribution is -2.23. The zero-order valence-corrected chi connectivity index (χ0v) is 11.4. The summed E-state index contributed by atoms with van der Waals surface area (Å²) in [5.41, 5.74) is 0.740. The lowest BCUT2D eigenvalue weighted by molar-refractivity contribution is -0.120. The maximum atomic E-state index is 13.0. The Balaban J connectivity index is 2.01. The first-order chi connectivity index (χ1) is 8.37. The number of hydrogen-bond donors (Lipinski definition) is 1. The number of halogens is 3. The van der Waals surface area contributed by atoms with E-state index < -0.39 is 11.8 Å². The van der Waals surface area contributed by atoms with E-state index in [9.17, 15) is 13.6 Å². The van der Waals surface area contributed by atoms with E-state index in [1.54, 1.807) is 19.1 Å². The van der Waals surface area contributed by atoms with Crippen molar-refractivity contribution < 1.29 is 13.6 Å². The van der Waals surface area contributed by atoms with Crippen molar-refractivity contribution in [2.45, 2.75) is 32.1 Å². The first kappa shape index (κ1) is 13.4. The monoisotopic (exact) mass is 318 g/mol. The first-order valence-corrected chi connectivity index (χ1v) is 6.48. The molecule has 1 heterocycles. The van der Waals surface area contributed by atoms with Gasteiger partial charge in [0.05, 0.1) is 5.69 Å². The standard InChI is InChI=1S/C12H13BrF2N2O/c1-7-9(13)2-3-10(16-7)17-11(18)8-4-5-12(14,15)6-8/h2-3,8H,4-6H2,1H3,(H,16,17,18). The summed E-state index contributed by atoms with van der Waals surface area (Å²) in [5, 5.41) is 2.59. The maximum absolute atomic E-state index is 13.0. The fraction of sp³-hybridized carbons (Fsp3) is 0.500. The molecule has 1 fully saturated rings. The highest BCUT2D eigenvalue weighted by Crippen LogP contribution is 2.39. The quantitative estimate of drug-likeness (QED) is 0.906. The van der Waals surface area contributed by atoms with Crippen molar-refractivity contribution in [3.05, 3.63) is 22.3 Å². The molecule has 1 saturated carbocycles. The largest absolute Gasteiger partial charge is 0.310 e. The van der Waals surface area contributed by atoms with Crippen LogP contribution in [0.25, 0.3) is 0 Å². The van der Waals surface area contributed by atoms with Crippen molar-refractivity contribution in [3.63, 3.8) is 0 Å². The zero-order chi connectivity index (χ0) is 13.3. The van der Waals surface area contributed by atoms with E-state index in [1.807, 2.05) is 0 Å². The van der Waals surface area contributed by atoms with Crippen LogP contribution in [0.15, 0.2) is 16.6 Å². The van der Waals surface area contributed by atoms with E-state index in [2.05, 4.69) is 26.2 Å². The number of anilines is 1. The van der Waals surface area contributed by atoms with Crippen molar-refractivity contribution in [2.75, 3.05) is 5.32 Å². The number of nitrogens with zero attached hydrogens (tertiary/aromatic N) is 1. The summed E-state index contributed by atoms with van der Waals surface area (Å²) in [6.45, 7) is 1.80. The van der Waals surface area contributed by atoms with Crippen LogP contribution in [0.1, 0.15) is 25.0 Å². The summed E-state index contributed by atoms with van der Waals surface area (Å²) >= 11 is 3.30. The van der Waals surface area contributed by atoms with Crippen LogP contribution in [0.5, 0.6) is 0 Å². The molecule has 0 spiro atoms. The number of hydrogen-bond acceptors (Lipinski definition) is 2. The number of rotatable bonds is 2. The Morgan fingerprint density at radius 2 is 2.28 bits per heavy atom. The number of amides is 1. The summed E-state index contributed by atoms with van der Waals surface area (Å²) in [6.07, 6.45) is -0.347. The van der Waals surface area contributed by atoms with Gasteiger partial charge in [0, 0.05) is 23.2 Å². The molecule has 1 atom stereocenters. The number of carbonyl (C=O) groups is 1. The predicted octanol–water partition coefficient (Wildman–Crippen LogP) is 3.53. The number of aryl methyl sites for hydroxylation is 1. The minimum Gasteiger partial charge on any atom is -0.310 e. The molecule has 0 bridgehead atoms. The smallest absolute Gasteiger partial charge is 0.248 e. The Bertz CT molecular complexity index is 479. The van der Waals surface area contributed by atoms with Crippen molar-refractivity contribution in [2.24, 2.45) is 5.92 Å². The molecule has 3 nitrogen and oxygen atoms in total. The summed E-state index contributed by atoms with van der Waals surface area (Å²) < 4.78 is 26.9. The molecule has 1 N–H and O–H groups in total. The SMILES string of the molecule is Cc1nc(NC(=O)C2CCC(F)(F)C2)ccc1Br. The van der Waals surface area contributed by atoms with Crippen molar-refractivity contribution in [1.82, 2.24) is 4.98 Å². The molecule has 0 radical (unpaired) electrons. The Kier molecular flexibility index (Phi) is 3.66. The van der Waals surface area contributed by atoms with E-state index in [-0.39, 0.29) is 25.2 Å². The number of pyridine rings is 1. The number of carbonyl (C=O) groups excluding carboxylic acids is 1. The molecule has 1 aliphatic rings. The van der Waals surface area contributed by atoms with Crippen LogP contribution in [-0.4, -0.2) is 16.8 Å². The van der Waals surface area contributed by atoms with Gasteiger partial charge >= 0.3 is 0 Å². The van der Waals surface area contributed by atoms with E-state index in [1.165, 1.54) is 0 Å². The molecule has 0 aromatic carbocycles. The van der Waals surface area contributed by atoms with Gasteiger partial charge in [-0.25, -0.2) is 13.8 Å². The van der Waals surface area contributed by atoms with Crippen molar-refractivity contribution in [3.8, 4) is 0 Å². The molecule has 1 amide bonds. The Hall–Kier alpha value is -1.04. The van der Waals surface area contributed by atoms with Gasteiger partial charge in [0.1, 0.15) is 5.82 Å². The molecule has 0 aliphatic heterocycles. The van der Waals surface area contributed by atoms with Crippen LogP contribution >= 0.6 is 15.9 Å². The van der Waals surface area contributed by atoms with Gasteiger partial charge in [0.15, 0.2) is 0 Å². The van der Waals surface area contributed by atoms with Crippen molar-refractivity contribution >= 4 is 27.7 Å². The Morgan fingerprint density at radius 3 is 2.83 bits per heavy atom. The highest BCUT2D eigenvalue weighted by molar-refractivity contribution is 9.10. The van der Waals surface area contributed by atoms with E-state index in [4.69, 9.17) is 0 Å². The third-order valence-electron chi connectivity index (χ3n) is 3.05. The highest BCUT2D eigenvalue weighted by Gasteiger charge is 2.42. The molecule has 6 heteroatoms. The van der Waals surface area contributed by atoms with Crippen LogP contribution in [0.4, 0.5) is 14.6 Å². The number of alkyl halides is 2. The molecular formula is C12H13BrF2N2O. The molecule has 1 unspecified atom stereocenters. The first-order valence-electron chi connectivity index (χ1n) is 5.69. The lowest BCUT2D eigenvalue weighted by atomic mass is 10.1. The van der Waals surface area contributed by atoms with Gasteiger partial charge in [-0.1, -0.05) is 0 Å². The number of nitrogens with one attached hydrogen (secondary N) is 1. The van der Waals surface area contributed by atoms with Crippen LogP contribution in [-0.2, 0) is 4.79 Å². The van der Waals surface area contributed by atoms with E-state index in [0.717, 1.165) is 10.2 Å². The maximum Gasteiger partial charge on any atom is 0.248 e. The third kappa shape index (κ3) is 3.04. The molecule has 1 aromatic heterocycles. The topological polar surface area (TPSA) is 42.0 Å². The molecular weight excluding hydrogens is 306 g/mol. The summed E-state index contributed by atoms with van der Waals surface area (Å²) in [4.78, 5) is 16.0. The summed E-state index contributed by atoms with van der Waals surface area (Å²) in [5.74, 6) is -3.30. The lowest BCUT2D eigenvalue weighted by Gasteiger charge is -2.11. The molecule has 98 valence electrons. The van der Waals surface area contributed by atoms with Gasteiger partial charge in [-0.3, -0.25) is 4.79 Å². The van der Waals surface area contributed by atoms with Crippen LogP contribution in [0, 0.1) is 12.8 Å². The van der Waals surface area contributed by atoms with Gasteiger partial charge in [-0.2, -0.15) is 0 Å². The third-order valence-corrected chi connectivity index (χ3v) is 3.89. The van der Waals surface area contributed by atoms with Gasteiger partial charge in [-0.05, 0) is 41.4 Å². The normalized spacial score (nSPS) is 21.9. The summed E-state index contributed by atoms with van der Waals surface area (Å²) in [6, 6.07) is 3.41. The van der Waals surface area contributed by atoms with Crippen LogP contribution in [0.3, 0.4) is 0 Å². The van der Waals surface area contributed by atoms with E-state index >= 15 is 0 Å². The van der Waals surface area contributed by atoms with Gasteiger partial charge in [-0.15, -0.1) is 0 Å². The minimum absolute atomic E-state index is 0.210. The fourth-order valence-electron chi connectivity index (χ4n) is 2.02. The molecule has 2 rings (SSSR count). The van der Waals surface area contributed by atoms with E-state index in [0.29, 0.717) is 5.82 Å². The molecule has 0 saturated heterocycles. The molecule has 1 aromatic rings. The molecule has 18 heavy (non-hydrogen) atoms. The second-order valence-electron chi connectivity index (χ2n) is 4.55. The number of aromatic nitrogens is 1. The van der Waals surface area contributed by atoms with Gasteiger partial charge in [0.25, 0.3) is 0 Å². The minimum atomic E-state index is -2.70. The Labute approximate surface area is 112 Å². The average Bonchev–Trinajstić information content (AvgIpc) is 2.64. The summed E-state index contributed by atoms with van der Waals surface area (Å²) in [7, 11) is 0. The van der Waals surface area contributed by atoms with Gasteiger partial charge in [0.2, 0.25) is 11.8 Å². The predicted molar refractivity (Wildman–Crippen MR) is 67.6 cm³/mol. The fourth-order valence-corrected chi connectivity index (χ4v) is 2.24. The highest BCUT2D eigenvalue weighted by atomic mass is 79.9. The Morgan fingerprint density at radius 1 is 1.56 bits per heavy atom. The zero-order valence-electron chi connectivity index (χ0n) is 9.84.